The van der Waals surface area contributed by atoms with Gasteiger partial charge < -0.3 is 24.2 Å². The van der Waals surface area contributed by atoms with Gasteiger partial charge in [0, 0.05) is 19.3 Å². The van der Waals surface area contributed by atoms with Crippen LogP contribution in [0.2, 0.25) is 0 Å². The number of carbonyl (C=O) groups excluding carboxylic acids is 3. The van der Waals surface area contributed by atoms with Gasteiger partial charge in [0.25, 0.3) is 0 Å². The van der Waals surface area contributed by atoms with Crippen LogP contribution in [-0.2, 0) is 42.2 Å². The topological polar surface area (TPSA) is 155 Å². The summed E-state index contributed by atoms with van der Waals surface area (Å²) in [5.41, 5.74) is 0. The number of hydrogen-bond acceptors (Lipinski definition) is 10. The fourth-order valence-electron chi connectivity index (χ4n) is 7.66. The Morgan fingerprint density at radius 3 is 1.20 bits per heavy atom. The molecule has 0 heterocycles. The number of allylic oxidation sites excluding steroid dienone is 10. The molecule has 0 aliphatic heterocycles. The third kappa shape index (κ3) is 50.1. The van der Waals surface area contributed by atoms with E-state index in [0.29, 0.717) is 19.3 Å². The lowest BCUT2D eigenvalue weighted by molar-refractivity contribution is -0.161. The number of ether oxygens (including phenoxy) is 3. The summed E-state index contributed by atoms with van der Waals surface area (Å²) in [6, 6.07) is 0. The van der Waals surface area contributed by atoms with Crippen LogP contribution in [0.3, 0.4) is 0 Å². The molecule has 0 aliphatic carbocycles. The molecule has 70 heavy (non-hydrogen) atoms. The van der Waals surface area contributed by atoms with Crippen molar-refractivity contribution in [3.05, 3.63) is 60.8 Å². The van der Waals surface area contributed by atoms with E-state index in [9.17, 15) is 28.9 Å². The molecule has 2 N–H and O–H groups in total. The number of esters is 3. The fraction of sp³-hybridized carbons (Fsp3) is 0.776. The minimum Gasteiger partial charge on any atom is -0.462 e. The number of aliphatic hydroxyl groups is 1. The molecule has 12 heteroatoms. The second kappa shape index (κ2) is 52.5. The molecule has 3 atom stereocenters. The van der Waals surface area contributed by atoms with Crippen LogP contribution in [0.25, 0.3) is 0 Å². The van der Waals surface area contributed by atoms with Crippen molar-refractivity contribution in [2.45, 2.75) is 264 Å². The van der Waals surface area contributed by atoms with E-state index in [1.807, 2.05) is 12.2 Å². The van der Waals surface area contributed by atoms with Gasteiger partial charge in [0.1, 0.15) is 12.7 Å². The summed E-state index contributed by atoms with van der Waals surface area (Å²) in [6.45, 7) is 4.45. The van der Waals surface area contributed by atoms with Crippen molar-refractivity contribution in [3.63, 3.8) is 0 Å². The summed E-state index contributed by atoms with van der Waals surface area (Å²) < 4.78 is 39.4. The van der Waals surface area contributed by atoms with E-state index in [4.69, 9.17) is 23.3 Å². The molecule has 0 fully saturated rings. The summed E-state index contributed by atoms with van der Waals surface area (Å²) in [6.07, 6.45) is 56.3. The molecule has 0 radical (unpaired) electrons. The van der Waals surface area contributed by atoms with Gasteiger partial charge in [-0.3, -0.25) is 23.4 Å². The van der Waals surface area contributed by atoms with E-state index in [1.165, 1.54) is 109 Å². The SMILES string of the molecule is CC/C=C\C/C=C\C/C=C\C/C=C\CCC(=O)OCC(COP(=O)(O)OCC(CO)OC(=O)CCCCCCCCCCCCCCCCC)OC(=O)CCCCCCC/C=C\CCCCCCCC. The second-order valence-corrected chi connectivity index (χ2v) is 20.2. The van der Waals surface area contributed by atoms with Crippen LogP contribution in [0.5, 0.6) is 0 Å². The Balaban J connectivity index is 4.76. The maximum Gasteiger partial charge on any atom is 0.472 e. The number of phosphoric acid groups is 1. The molecule has 0 aromatic rings. The lowest BCUT2D eigenvalue weighted by atomic mass is 10.0. The van der Waals surface area contributed by atoms with E-state index in [1.54, 1.807) is 0 Å². The number of aliphatic hydroxyl groups excluding tert-OH is 1. The average molecular weight is 1010 g/mol. The van der Waals surface area contributed by atoms with E-state index >= 15 is 0 Å². The highest BCUT2D eigenvalue weighted by Crippen LogP contribution is 2.43. The first-order chi connectivity index (χ1) is 34.2. The van der Waals surface area contributed by atoms with Crippen molar-refractivity contribution < 1.29 is 52.2 Å². The molecule has 0 aromatic carbocycles. The number of rotatable bonds is 52. The zero-order valence-corrected chi connectivity index (χ0v) is 45.6. The molecular weight excluding hydrogens is 904 g/mol. The van der Waals surface area contributed by atoms with Crippen molar-refractivity contribution in [3.8, 4) is 0 Å². The number of unbranched alkanes of at least 4 members (excludes halogenated alkanes) is 25. The quantitative estimate of drug-likeness (QED) is 0.0197. The Morgan fingerprint density at radius 1 is 0.414 bits per heavy atom. The highest BCUT2D eigenvalue weighted by Gasteiger charge is 2.28. The second-order valence-electron chi connectivity index (χ2n) is 18.7. The third-order valence-corrected chi connectivity index (χ3v) is 12.9. The van der Waals surface area contributed by atoms with Crippen LogP contribution in [0.1, 0.15) is 252 Å². The Labute approximate surface area is 427 Å². The average Bonchev–Trinajstić information content (AvgIpc) is 3.35. The third-order valence-electron chi connectivity index (χ3n) is 11.9. The van der Waals surface area contributed by atoms with Crippen LogP contribution >= 0.6 is 7.82 Å². The van der Waals surface area contributed by atoms with Crippen molar-refractivity contribution in [2.75, 3.05) is 26.4 Å². The minimum atomic E-state index is -4.76. The first-order valence-corrected chi connectivity index (χ1v) is 29.7. The van der Waals surface area contributed by atoms with E-state index < -0.39 is 57.8 Å². The molecule has 0 amide bonds. The maximum absolute atomic E-state index is 12.9. The Kier molecular flexibility index (Phi) is 50.4. The zero-order chi connectivity index (χ0) is 51.3. The largest absolute Gasteiger partial charge is 0.472 e. The standard InChI is InChI=1S/C58H103O11P/c1-4-7-10-13-16-19-22-25-27-30-33-36-39-42-45-48-57(61)68-54(50-59)52-66-70(63,64)67-53-55(51-65-56(60)47-44-41-38-35-32-29-24-21-18-15-12-9-6-3)69-58(62)49-46-43-40-37-34-31-28-26-23-20-17-14-11-8-5-2/h9,12,18,21,26,28-29,32,38,41,54-55,59H,4-8,10-11,13-17,19-20,22-25,27,30-31,33-37,39-40,42-53H2,1-3H3,(H,63,64)/b12-9-,21-18-,28-26-,32-29-,41-38-. The zero-order valence-electron chi connectivity index (χ0n) is 44.7. The summed E-state index contributed by atoms with van der Waals surface area (Å²) in [4.78, 5) is 48.4. The first kappa shape index (κ1) is 67.2. The fourth-order valence-corrected chi connectivity index (χ4v) is 8.44. The monoisotopic (exact) mass is 1010 g/mol. The van der Waals surface area contributed by atoms with Crippen LogP contribution in [0.4, 0.5) is 0 Å². The van der Waals surface area contributed by atoms with Gasteiger partial charge in [0.2, 0.25) is 0 Å². The van der Waals surface area contributed by atoms with E-state index in [-0.39, 0.29) is 25.9 Å². The Hall–Kier alpha value is -2.82. The van der Waals surface area contributed by atoms with Gasteiger partial charge in [-0.1, -0.05) is 223 Å². The number of hydrogen-bond donors (Lipinski definition) is 2. The molecule has 406 valence electrons. The van der Waals surface area contributed by atoms with Gasteiger partial charge >= 0.3 is 25.7 Å². The van der Waals surface area contributed by atoms with Crippen LogP contribution in [0, 0.1) is 0 Å². The predicted molar refractivity (Wildman–Crippen MR) is 288 cm³/mol. The number of carbonyl (C=O) groups is 3. The Bertz CT molecular complexity index is 1410. The number of phosphoric ester groups is 1. The summed E-state index contributed by atoms with van der Waals surface area (Å²) in [5, 5.41) is 9.80. The first-order valence-electron chi connectivity index (χ1n) is 28.2. The van der Waals surface area contributed by atoms with Crippen LogP contribution in [-0.4, -0.2) is 66.5 Å². The summed E-state index contributed by atoms with van der Waals surface area (Å²) >= 11 is 0. The smallest absolute Gasteiger partial charge is 0.462 e. The van der Waals surface area contributed by atoms with Gasteiger partial charge in [-0.05, 0) is 70.6 Å². The molecule has 0 aliphatic rings. The molecule has 0 spiro atoms. The van der Waals surface area contributed by atoms with Gasteiger partial charge in [-0.15, -0.1) is 0 Å². The normalized spacial score (nSPS) is 13.8. The van der Waals surface area contributed by atoms with Crippen molar-refractivity contribution >= 4 is 25.7 Å². The van der Waals surface area contributed by atoms with Crippen molar-refractivity contribution in [1.82, 2.24) is 0 Å². The predicted octanol–water partition coefficient (Wildman–Crippen LogP) is 16.4. The molecule has 0 saturated heterocycles. The van der Waals surface area contributed by atoms with Gasteiger partial charge in [-0.2, -0.15) is 0 Å². The Morgan fingerprint density at radius 2 is 0.771 bits per heavy atom. The van der Waals surface area contributed by atoms with Crippen LogP contribution in [0.15, 0.2) is 60.8 Å². The maximum atomic E-state index is 12.9. The highest BCUT2D eigenvalue weighted by atomic mass is 31.2. The van der Waals surface area contributed by atoms with Crippen molar-refractivity contribution in [1.29, 1.82) is 0 Å². The van der Waals surface area contributed by atoms with E-state index in [0.717, 1.165) is 83.5 Å². The van der Waals surface area contributed by atoms with Gasteiger partial charge in [0.05, 0.1) is 19.8 Å². The molecule has 11 nitrogen and oxygen atoms in total. The molecule has 0 aromatic heterocycles. The highest BCUT2D eigenvalue weighted by molar-refractivity contribution is 7.47. The molecule has 0 saturated carbocycles. The lowest BCUT2D eigenvalue weighted by Gasteiger charge is -2.21. The summed E-state index contributed by atoms with van der Waals surface area (Å²) in [5.74, 6) is -1.56. The van der Waals surface area contributed by atoms with Gasteiger partial charge in [-0.25, -0.2) is 4.57 Å². The van der Waals surface area contributed by atoms with E-state index in [2.05, 4.69) is 69.4 Å². The van der Waals surface area contributed by atoms with Gasteiger partial charge in [0.15, 0.2) is 6.10 Å². The van der Waals surface area contributed by atoms with Crippen LogP contribution < -0.4 is 0 Å². The molecule has 0 rings (SSSR count). The minimum absolute atomic E-state index is 0.104. The van der Waals surface area contributed by atoms with Crippen molar-refractivity contribution in [2.24, 2.45) is 0 Å². The molecule has 0 bridgehead atoms. The summed E-state index contributed by atoms with van der Waals surface area (Å²) in [7, 11) is -4.76. The molecular formula is C58H103O11P. The molecule has 3 unspecified atom stereocenters. The lowest BCUT2D eigenvalue weighted by Crippen LogP contribution is -2.30.